The highest BCUT2D eigenvalue weighted by atomic mass is 32.9. The van der Waals surface area contributed by atoms with E-state index >= 15 is 0 Å². The third-order valence-corrected chi connectivity index (χ3v) is 7.79. The van der Waals surface area contributed by atoms with Crippen molar-refractivity contribution in [3.8, 4) is 16.2 Å². The Kier molecular flexibility index (Phi) is 6.51. The smallest absolute Gasteiger partial charge is 0.318 e. The standard InChI is InChI=1S/C25H18O3S3/c1-16(17-7-9-20(10-8-17)24(26)19-5-3-2-4-6-19)25(27)28-21-13-11-18(12-14-21)22-15-23(29)31-30-22/h2-16H,1H3. The Morgan fingerprint density at radius 2 is 1.48 bits per heavy atom. The lowest BCUT2D eigenvalue weighted by atomic mass is 9.97. The molecule has 1 aromatic heterocycles. The van der Waals surface area contributed by atoms with Crippen molar-refractivity contribution in [2.75, 3.05) is 0 Å². The second-order valence-electron chi connectivity index (χ2n) is 6.98. The first-order valence-electron chi connectivity index (χ1n) is 9.63. The minimum Gasteiger partial charge on any atom is -0.426 e. The number of rotatable bonds is 6. The van der Waals surface area contributed by atoms with Crippen LogP contribution < -0.4 is 4.74 Å². The van der Waals surface area contributed by atoms with Crippen LogP contribution in [-0.4, -0.2) is 11.8 Å². The first-order chi connectivity index (χ1) is 15.0. The monoisotopic (exact) mass is 462 g/mol. The lowest BCUT2D eigenvalue weighted by Gasteiger charge is -2.12. The van der Waals surface area contributed by atoms with E-state index in [1.807, 2.05) is 36.4 Å². The van der Waals surface area contributed by atoms with Crippen LogP contribution in [0.15, 0.2) is 84.9 Å². The van der Waals surface area contributed by atoms with Gasteiger partial charge in [0.05, 0.1) is 5.92 Å². The lowest BCUT2D eigenvalue weighted by Crippen LogP contribution is -2.16. The fourth-order valence-corrected chi connectivity index (χ4v) is 5.48. The van der Waals surface area contributed by atoms with Gasteiger partial charge in [0.25, 0.3) is 0 Å². The van der Waals surface area contributed by atoms with Crippen molar-refractivity contribution in [1.82, 2.24) is 0 Å². The van der Waals surface area contributed by atoms with E-state index in [4.69, 9.17) is 17.0 Å². The molecule has 1 unspecified atom stereocenters. The molecule has 0 aliphatic heterocycles. The van der Waals surface area contributed by atoms with E-state index in [0.29, 0.717) is 16.9 Å². The van der Waals surface area contributed by atoms with E-state index in [2.05, 4.69) is 0 Å². The van der Waals surface area contributed by atoms with Gasteiger partial charge in [-0.15, -0.1) is 0 Å². The summed E-state index contributed by atoms with van der Waals surface area (Å²) in [5.41, 5.74) is 3.06. The normalized spacial score (nSPS) is 11.6. The summed E-state index contributed by atoms with van der Waals surface area (Å²) in [6.07, 6.45) is 0. The molecule has 0 aliphatic carbocycles. The van der Waals surface area contributed by atoms with Crippen LogP contribution >= 0.6 is 32.9 Å². The molecule has 0 N–H and O–H groups in total. The molecule has 4 rings (SSSR count). The van der Waals surface area contributed by atoms with Gasteiger partial charge in [0.1, 0.15) is 9.57 Å². The quantitative estimate of drug-likeness (QED) is 0.100. The van der Waals surface area contributed by atoms with Crippen LogP contribution in [0.3, 0.4) is 0 Å². The second kappa shape index (κ2) is 9.47. The van der Waals surface area contributed by atoms with Gasteiger partial charge >= 0.3 is 5.97 Å². The molecule has 0 saturated carbocycles. The van der Waals surface area contributed by atoms with Gasteiger partial charge < -0.3 is 4.74 Å². The zero-order valence-corrected chi connectivity index (χ0v) is 19.1. The SMILES string of the molecule is CC(C(=O)Oc1ccc(-c2cc(=S)ss2)cc1)c1ccc(C(=O)c2ccccc2)cc1. The van der Waals surface area contributed by atoms with Crippen molar-refractivity contribution in [3.63, 3.8) is 0 Å². The summed E-state index contributed by atoms with van der Waals surface area (Å²) in [5, 5.41) is 0. The Hall–Kier alpha value is -2.93. The number of benzene rings is 3. The molecule has 0 amide bonds. The fourth-order valence-electron chi connectivity index (χ4n) is 3.08. The van der Waals surface area contributed by atoms with Crippen LogP contribution in [-0.2, 0) is 4.79 Å². The van der Waals surface area contributed by atoms with E-state index in [-0.39, 0.29) is 11.8 Å². The third kappa shape index (κ3) is 5.05. The van der Waals surface area contributed by atoms with E-state index in [1.165, 1.54) is 0 Å². The van der Waals surface area contributed by atoms with E-state index in [0.717, 1.165) is 19.8 Å². The highest BCUT2D eigenvalue weighted by molar-refractivity contribution is 7.80. The summed E-state index contributed by atoms with van der Waals surface area (Å²) in [4.78, 5) is 26.3. The van der Waals surface area contributed by atoms with Crippen molar-refractivity contribution in [2.45, 2.75) is 12.8 Å². The molecule has 0 fully saturated rings. The molecule has 3 nitrogen and oxygen atoms in total. The van der Waals surface area contributed by atoms with Crippen LogP contribution in [0.4, 0.5) is 0 Å². The van der Waals surface area contributed by atoms with Crippen molar-refractivity contribution in [1.29, 1.82) is 0 Å². The summed E-state index contributed by atoms with van der Waals surface area (Å²) >= 11 is 5.18. The van der Waals surface area contributed by atoms with E-state index in [1.54, 1.807) is 76.1 Å². The van der Waals surface area contributed by atoms with Crippen molar-refractivity contribution >= 4 is 44.7 Å². The molecule has 0 radical (unpaired) electrons. The Labute approximate surface area is 193 Å². The number of hydrogen-bond acceptors (Lipinski definition) is 6. The van der Waals surface area contributed by atoms with Crippen LogP contribution in [0, 0.1) is 3.82 Å². The van der Waals surface area contributed by atoms with Crippen LogP contribution in [0.2, 0.25) is 0 Å². The summed E-state index contributed by atoms with van der Waals surface area (Å²) in [6.45, 7) is 1.79. The Morgan fingerprint density at radius 3 is 2.10 bits per heavy atom. The molecule has 1 atom stereocenters. The van der Waals surface area contributed by atoms with Gasteiger partial charge in [-0.3, -0.25) is 9.59 Å². The maximum atomic E-state index is 12.6. The number of carbonyl (C=O) groups is 2. The molecule has 0 bridgehead atoms. The predicted molar refractivity (Wildman–Crippen MR) is 129 cm³/mol. The van der Waals surface area contributed by atoms with Crippen LogP contribution in [0.25, 0.3) is 10.4 Å². The average Bonchev–Trinajstić information content (AvgIpc) is 3.25. The zero-order chi connectivity index (χ0) is 21.8. The molecular formula is C25H18O3S3. The molecule has 6 heteroatoms. The number of hydrogen-bond donors (Lipinski definition) is 0. The van der Waals surface area contributed by atoms with Crippen molar-refractivity contribution in [3.05, 3.63) is 105 Å². The molecule has 1 heterocycles. The number of esters is 1. The Bertz CT molecular complexity index is 1250. The van der Waals surface area contributed by atoms with Crippen LogP contribution in [0.1, 0.15) is 34.3 Å². The summed E-state index contributed by atoms with van der Waals surface area (Å²) < 4.78 is 6.42. The van der Waals surface area contributed by atoms with Crippen LogP contribution in [0.5, 0.6) is 5.75 Å². The van der Waals surface area contributed by atoms with E-state index in [9.17, 15) is 9.59 Å². The maximum Gasteiger partial charge on any atom is 0.318 e. The van der Waals surface area contributed by atoms with E-state index < -0.39 is 5.92 Å². The largest absolute Gasteiger partial charge is 0.426 e. The average molecular weight is 463 g/mol. The first-order valence-corrected chi connectivity index (χ1v) is 12.2. The van der Waals surface area contributed by atoms with Gasteiger partial charge in [-0.1, -0.05) is 87.5 Å². The number of carbonyl (C=O) groups excluding carboxylic acids is 2. The van der Waals surface area contributed by atoms with Gasteiger partial charge in [-0.2, -0.15) is 0 Å². The van der Waals surface area contributed by atoms with Gasteiger partial charge in [-0.05, 0) is 48.4 Å². The lowest BCUT2D eigenvalue weighted by molar-refractivity contribution is -0.135. The highest BCUT2D eigenvalue weighted by Crippen LogP contribution is 2.31. The van der Waals surface area contributed by atoms with Crippen molar-refractivity contribution in [2.24, 2.45) is 0 Å². The fraction of sp³-hybridized carbons (Fsp3) is 0.0800. The molecule has 3 aromatic carbocycles. The topological polar surface area (TPSA) is 43.4 Å². The number of ether oxygens (including phenoxy) is 1. The Balaban J connectivity index is 1.42. The van der Waals surface area contributed by atoms with Gasteiger partial charge in [0.15, 0.2) is 5.78 Å². The first kappa shape index (κ1) is 21.3. The van der Waals surface area contributed by atoms with Gasteiger partial charge in [-0.25, -0.2) is 0 Å². The summed E-state index contributed by atoms with van der Waals surface area (Å²) in [7, 11) is 3.20. The second-order valence-corrected chi connectivity index (χ2v) is 9.89. The number of ketones is 1. The predicted octanol–water partition coefficient (Wildman–Crippen LogP) is 7.15. The minimum absolute atomic E-state index is 0.0443. The molecule has 0 saturated heterocycles. The maximum absolute atomic E-state index is 12.6. The molecular weight excluding hydrogens is 444 g/mol. The summed E-state index contributed by atoms with van der Waals surface area (Å²) in [5.74, 6) is -0.351. The molecule has 0 spiro atoms. The highest BCUT2D eigenvalue weighted by Gasteiger charge is 2.18. The molecule has 154 valence electrons. The zero-order valence-electron chi connectivity index (χ0n) is 16.6. The minimum atomic E-state index is -0.456. The van der Waals surface area contributed by atoms with Gasteiger partial charge in [0.2, 0.25) is 0 Å². The summed E-state index contributed by atoms with van der Waals surface area (Å²) in [6, 6.07) is 25.6. The third-order valence-electron chi connectivity index (χ3n) is 4.88. The Morgan fingerprint density at radius 1 is 0.839 bits per heavy atom. The molecule has 0 aliphatic rings. The molecule has 31 heavy (non-hydrogen) atoms. The van der Waals surface area contributed by atoms with Crippen molar-refractivity contribution < 1.29 is 14.3 Å². The molecule has 4 aromatic rings. The van der Waals surface area contributed by atoms with Gasteiger partial charge in [0, 0.05) is 16.0 Å².